The van der Waals surface area contributed by atoms with Crippen molar-refractivity contribution in [3.8, 4) is 0 Å². The van der Waals surface area contributed by atoms with Gasteiger partial charge in [0.15, 0.2) is 0 Å². The molecule has 17 heavy (non-hydrogen) atoms. The maximum Gasteiger partial charge on any atom is 0.314 e. The molecule has 1 aliphatic carbocycles. The van der Waals surface area contributed by atoms with E-state index in [0.29, 0.717) is 12.5 Å². The van der Waals surface area contributed by atoms with E-state index in [0.717, 1.165) is 19.4 Å². The standard InChI is InChI=1S/C13H23NO3/c1-12(2,3)17-11(16)13-5-4-9(6-14-8-13)10(13)7-15/h9-10,14-15H,4-8H2,1-3H3/t9-,10-,13-/m0/s1. The maximum atomic E-state index is 12.4. The lowest BCUT2D eigenvalue weighted by atomic mass is 9.73. The largest absolute Gasteiger partial charge is 0.459 e. The van der Waals surface area contributed by atoms with Gasteiger partial charge >= 0.3 is 5.97 Å². The van der Waals surface area contributed by atoms with Crippen molar-refractivity contribution in [2.45, 2.75) is 39.2 Å². The highest BCUT2D eigenvalue weighted by atomic mass is 16.6. The topological polar surface area (TPSA) is 58.6 Å². The van der Waals surface area contributed by atoms with Crippen molar-refractivity contribution in [3.63, 3.8) is 0 Å². The minimum Gasteiger partial charge on any atom is -0.459 e. The highest BCUT2D eigenvalue weighted by Gasteiger charge is 2.56. The van der Waals surface area contributed by atoms with Crippen molar-refractivity contribution in [2.24, 2.45) is 17.3 Å². The predicted molar refractivity (Wildman–Crippen MR) is 64.4 cm³/mol. The summed E-state index contributed by atoms with van der Waals surface area (Å²) in [4.78, 5) is 12.4. The molecule has 3 atom stereocenters. The molecule has 2 N–H and O–H groups in total. The number of aliphatic hydroxyl groups excluding tert-OH is 1. The molecule has 1 aliphatic heterocycles. The van der Waals surface area contributed by atoms with Crippen molar-refractivity contribution in [1.29, 1.82) is 0 Å². The summed E-state index contributed by atoms with van der Waals surface area (Å²) in [6.45, 7) is 7.31. The Morgan fingerprint density at radius 1 is 1.53 bits per heavy atom. The molecular weight excluding hydrogens is 218 g/mol. The van der Waals surface area contributed by atoms with Crippen LogP contribution in [0.25, 0.3) is 0 Å². The monoisotopic (exact) mass is 241 g/mol. The fourth-order valence-corrected chi connectivity index (χ4v) is 3.25. The zero-order chi connectivity index (χ0) is 12.7. The fraction of sp³-hybridized carbons (Fsp3) is 0.923. The van der Waals surface area contributed by atoms with Crippen LogP contribution in [0, 0.1) is 17.3 Å². The van der Waals surface area contributed by atoms with E-state index in [-0.39, 0.29) is 18.5 Å². The average molecular weight is 241 g/mol. The van der Waals surface area contributed by atoms with Crippen LogP contribution in [0.15, 0.2) is 0 Å². The van der Waals surface area contributed by atoms with Gasteiger partial charge in [-0.15, -0.1) is 0 Å². The number of nitrogens with one attached hydrogen (secondary N) is 1. The molecule has 0 unspecified atom stereocenters. The Morgan fingerprint density at radius 3 is 2.82 bits per heavy atom. The van der Waals surface area contributed by atoms with E-state index in [1.807, 2.05) is 20.8 Å². The molecule has 0 radical (unpaired) electrons. The van der Waals surface area contributed by atoms with Gasteiger partial charge in [-0.1, -0.05) is 0 Å². The Kier molecular flexibility index (Phi) is 3.21. The molecule has 1 heterocycles. The third kappa shape index (κ3) is 2.20. The summed E-state index contributed by atoms with van der Waals surface area (Å²) in [7, 11) is 0. The maximum absolute atomic E-state index is 12.4. The molecule has 0 aromatic rings. The second-order valence-corrected chi connectivity index (χ2v) is 6.38. The van der Waals surface area contributed by atoms with Gasteiger partial charge in [-0.25, -0.2) is 0 Å². The first-order valence-electron chi connectivity index (χ1n) is 6.44. The summed E-state index contributed by atoms with van der Waals surface area (Å²) in [5.41, 5.74) is -0.952. The number of aliphatic hydroxyl groups is 1. The first kappa shape index (κ1) is 12.8. The Balaban J connectivity index is 2.19. The molecule has 0 aromatic carbocycles. The number of hydrogen-bond acceptors (Lipinski definition) is 4. The number of esters is 1. The molecule has 0 aromatic heterocycles. The normalized spacial score (nSPS) is 36.9. The Labute approximate surface area is 103 Å². The van der Waals surface area contributed by atoms with Crippen LogP contribution in [0.5, 0.6) is 0 Å². The summed E-state index contributed by atoms with van der Waals surface area (Å²) in [5, 5.41) is 12.9. The van der Waals surface area contributed by atoms with Gasteiger partial charge in [-0.05, 0) is 46.1 Å². The highest BCUT2D eigenvalue weighted by Crippen LogP contribution is 2.49. The first-order chi connectivity index (χ1) is 7.89. The number of rotatable bonds is 2. The van der Waals surface area contributed by atoms with E-state index in [2.05, 4.69) is 5.32 Å². The third-order valence-electron chi connectivity index (χ3n) is 4.09. The summed E-state index contributed by atoms with van der Waals surface area (Å²) in [5.74, 6) is 0.346. The van der Waals surface area contributed by atoms with Gasteiger partial charge in [-0.2, -0.15) is 0 Å². The lowest BCUT2D eigenvalue weighted by Gasteiger charge is -2.40. The van der Waals surface area contributed by atoms with Crippen LogP contribution >= 0.6 is 0 Å². The zero-order valence-electron chi connectivity index (χ0n) is 11.0. The third-order valence-corrected chi connectivity index (χ3v) is 4.09. The Morgan fingerprint density at radius 2 is 2.24 bits per heavy atom. The Bertz CT molecular complexity index is 306. The van der Waals surface area contributed by atoms with Crippen molar-refractivity contribution >= 4 is 5.97 Å². The molecule has 4 heteroatoms. The van der Waals surface area contributed by atoms with Crippen LogP contribution in [0.2, 0.25) is 0 Å². The minimum atomic E-state index is -0.495. The quantitative estimate of drug-likeness (QED) is 0.706. The number of ether oxygens (including phenoxy) is 1. The predicted octanol–water partition coefficient (Wildman–Crippen LogP) is 0.936. The number of carbonyl (C=O) groups excluding carboxylic acids is 1. The van der Waals surface area contributed by atoms with Crippen LogP contribution in [-0.4, -0.2) is 36.4 Å². The molecule has 1 saturated carbocycles. The van der Waals surface area contributed by atoms with E-state index in [9.17, 15) is 9.90 Å². The molecular formula is C13H23NO3. The van der Waals surface area contributed by atoms with Crippen molar-refractivity contribution in [1.82, 2.24) is 5.32 Å². The number of carbonyl (C=O) groups is 1. The van der Waals surface area contributed by atoms with Crippen molar-refractivity contribution in [3.05, 3.63) is 0 Å². The fourth-order valence-electron chi connectivity index (χ4n) is 3.25. The van der Waals surface area contributed by atoms with Gasteiger partial charge in [-0.3, -0.25) is 4.79 Å². The Hall–Kier alpha value is -0.610. The number of fused-ring (bicyclic) bond motifs is 2. The summed E-state index contributed by atoms with van der Waals surface area (Å²) in [6.07, 6.45) is 1.85. The molecule has 0 spiro atoms. The lowest BCUT2D eigenvalue weighted by Crippen LogP contribution is -2.53. The molecule has 2 aliphatic rings. The number of hydrogen-bond donors (Lipinski definition) is 2. The summed E-state index contributed by atoms with van der Waals surface area (Å²) in [6, 6.07) is 0. The second-order valence-electron chi connectivity index (χ2n) is 6.38. The molecule has 98 valence electrons. The smallest absolute Gasteiger partial charge is 0.314 e. The van der Waals surface area contributed by atoms with Crippen LogP contribution in [-0.2, 0) is 9.53 Å². The molecule has 2 fully saturated rings. The zero-order valence-corrected chi connectivity index (χ0v) is 11.0. The van der Waals surface area contributed by atoms with Crippen LogP contribution in [0.4, 0.5) is 0 Å². The van der Waals surface area contributed by atoms with E-state index in [1.54, 1.807) is 0 Å². The van der Waals surface area contributed by atoms with Gasteiger partial charge in [0.2, 0.25) is 0 Å². The number of piperidine rings is 1. The first-order valence-corrected chi connectivity index (χ1v) is 6.44. The van der Waals surface area contributed by atoms with Crippen LogP contribution < -0.4 is 5.32 Å². The van der Waals surface area contributed by atoms with E-state index < -0.39 is 11.0 Å². The molecule has 1 saturated heterocycles. The molecule has 2 bridgehead atoms. The van der Waals surface area contributed by atoms with E-state index >= 15 is 0 Å². The van der Waals surface area contributed by atoms with E-state index in [4.69, 9.17) is 4.74 Å². The lowest BCUT2D eigenvalue weighted by molar-refractivity contribution is -0.172. The van der Waals surface area contributed by atoms with Crippen LogP contribution in [0.3, 0.4) is 0 Å². The van der Waals surface area contributed by atoms with Gasteiger partial charge in [0.25, 0.3) is 0 Å². The van der Waals surface area contributed by atoms with Gasteiger partial charge in [0, 0.05) is 19.1 Å². The average Bonchev–Trinajstić information content (AvgIpc) is 2.42. The van der Waals surface area contributed by atoms with E-state index in [1.165, 1.54) is 0 Å². The minimum absolute atomic E-state index is 0.0681. The summed E-state index contributed by atoms with van der Waals surface area (Å²) >= 11 is 0. The van der Waals surface area contributed by atoms with Gasteiger partial charge in [0.05, 0.1) is 5.41 Å². The molecule has 0 amide bonds. The molecule has 4 nitrogen and oxygen atoms in total. The molecule has 2 rings (SSSR count). The van der Waals surface area contributed by atoms with Gasteiger partial charge < -0.3 is 15.2 Å². The highest BCUT2D eigenvalue weighted by molar-refractivity contribution is 5.78. The van der Waals surface area contributed by atoms with Crippen molar-refractivity contribution < 1.29 is 14.6 Å². The van der Waals surface area contributed by atoms with Crippen molar-refractivity contribution in [2.75, 3.05) is 19.7 Å². The van der Waals surface area contributed by atoms with Gasteiger partial charge in [0.1, 0.15) is 5.60 Å². The summed E-state index contributed by atoms with van der Waals surface area (Å²) < 4.78 is 5.54. The second kappa shape index (κ2) is 4.25. The van der Waals surface area contributed by atoms with Crippen LogP contribution in [0.1, 0.15) is 33.6 Å². The SMILES string of the molecule is CC(C)(C)OC(=O)[C@@]12CC[C@@H](CNC1)[C@@H]2CO.